The minimum atomic E-state index is -0.274. The highest BCUT2D eigenvalue weighted by Crippen LogP contribution is 2.45. The molecule has 0 fully saturated rings. The van der Waals surface area contributed by atoms with Gasteiger partial charge in [0, 0.05) is 10.9 Å². The predicted molar refractivity (Wildman–Crippen MR) is 132 cm³/mol. The predicted octanol–water partition coefficient (Wildman–Crippen LogP) is 7.26. The van der Waals surface area contributed by atoms with E-state index in [1.54, 1.807) is 24.3 Å². The molecule has 0 radical (unpaired) electrons. The van der Waals surface area contributed by atoms with Crippen LogP contribution >= 0.6 is 0 Å². The van der Waals surface area contributed by atoms with Crippen LogP contribution in [0.1, 0.15) is 68.5 Å². The number of carbonyl (C=O) groups is 2. The van der Waals surface area contributed by atoms with Crippen molar-refractivity contribution in [3.05, 3.63) is 87.7 Å². The Balaban J connectivity index is 1.77. The first-order valence-corrected chi connectivity index (χ1v) is 11.3. The number of aryl methyl sites for hydroxylation is 3. The second-order valence-corrected chi connectivity index (χ2v) is 9.23. The molecule has 4 heteroatoms. The number of hydrogen-bond acceptors (Lipinski definition) is 3. The number of anilines is 1. The molecule has 3 aromatic carbocycles. The van der Waals surface area contributed by atoms with E-state index in [2.05, 4.69) is 38.1 Å². The largest absolute Gasteiger partial charge is 0.460 e. The van der Waals surface area contributed by atoms with Gasteiger partial charge in [-0.25, -0.2) is 4.90 Å². The lowest BCUT2D eigenvalue weighted by atomic mass is 9.92. The second-order valence-electron chi connectivity index (χ2n) is 9.23. The van der Waals surface area contributed by atoms with Crippen molar-refractivity contribution in [3.63, 3.8) is 0 Å². The summed E-state index contributed by atoms with van der Waals surface area (Å²) in [6.45, 7) is 12.3. The molecule has 0 N–H and O–H groups in total. The van der Waals surface area contributed by atoms with E-state index in [1.165, 1.54) is 10.5 Å². The van der Waals surface area contributed by atoms with Crippen LogP contribution in [0.4, 0.5) is 5.69 Å². The molecule has 0 unspecified atom stereocenters. The highest BCUT2D eigenvalue weighted by Gasteiger charge is 2.39. The van der Waals surface area contributed by atoms with Crippen molar-refractivity contribution in [1.82, 2.24) is 0 Å². The Labute approximate surface area is 193 Å². The Kier molecular flexibility index (Phi) is 4.78. The van der Waals surface area contributed by atoms with E-state index in [9.17, 15) is 9.59 Å². The number of carbonyl (C=O) groups excluding carboxylic acids is 2. The fraction of sp³-hybridized carbons (Fsp3) is 0.241. The third-order valence-electron chi connectivity index (χ3n) is 6.96. The van der Waals surface area contributed by atoms with Gasteiger partial charge in [-0.3, -0.25) is 9.59 Å². The third-order valence-corrected chi connectivity index (χ3v) is 6.96. The van der Waals surface area contributed by atoms with Crippen LogP contribution in [0.5, 0.6) is 0 Å². The van der Waals surface area contributed by atoms with E-state index < -0.39 is 0 Å². The zero-order chi connectivity index (χ0) is 23.6. The number of furan rings is 1. The quantitative estimate of drug-likeness (QED) is 0.317. The molecular formula is C29H27NO3. The topological polar surface area (TPSA) is 50.5 Å². The molecule has 33 heavy (non-hydrogen) atoms. The van der Waals surface area contributed by atoms with Crippen LogP contribution in [0.15, 0.2) is 52.9 Å². The Bertz CT molecular complexity index is 1420. The lowest BCUT2D eigenvalue weighted by Crippen LogP contribution is -2.31. The molecule has 4 aromatic rings. The van der Waals surface area contributed by atoms with Gasteiger partial charge in [0.05, 0.1) is 16.8 Å². The zero-order valence-electron chi connectivity index (χ0n) is 19.9. The first kappa shape index (κ1) is 21.2. The van der Waals surface area contributed by atoms with Gasteiger partial charge >= 0.3 is 0 Å². The van der Waals surface area contributed by atoms with Gasteiger partial charge in [-0.1, -0.05) is 50.2 Å². The first-order chi connectivity index (χ1) is 15.7. The number of nitrogens with zero attached hydrogens (tertiary/aromatic N) is 1. The maximum absolute atomic E-state index is 13.3. The summed E-state index contributed by atoms with van der Waals surface area (Å²) in [6.07, 6.45) is 0. The molecule has 5 rings (SSSR count). The van der Waals surface area contributed by atoms with E-state index in [-0.39, 0.29) is 11.8 Å². The molecule has 2 amide bonds. The summed E-state index contributed by atoms with van der Waals surface area (Å²) in [7, 11) is 0. The number of benzene rings is 3. The molecule has 0 atom stereocenters. The molecule has 0 spiro atoms. The Morgan fingerprint density at radius 1 is 0.758 bits per heavy atom. The SMILES string of the molecule is Cc1oc2c(C)c(C)c(N3C(=O)c4ccccc4C3=O)c(C)c2c1-c1ccc(C(C)C)cc1. The lowest BCUT2D eigenvalue weighted by Gasteiger charge is -2.22. The number of fused-ring (bicyclic) bond motifs is 2. The van der Waals surface area contributed by atoms with Crippen LogP contribution in [0.25, 0.3) is 22.1 Å². The van der Waals surface area contributed by atoms with Crippen LogP contribution in [0.3, 0.4) is 0 Å². The molecule has 4 nitrogen and oxygen atoms in total. The average Bonchev–Trinajstić information content (AvgIpc) is 3.28. The first-order valence-electron chi connectivity index (χ1n) is 11.3. The minimum absolute atomic E-state index is 0.274. The van der Waals surface area contributed by atoms with E-state index in [4.69, 9.17) is 4.42 Å². The van der Waals surface area contributed by atoms with Gasteiger partial charge in [-0.15, -0.1) is 0 Å². The van der Waals surface area contributed by atoms with Gasteiger partial charge in [0.2, 0.25) is 0 Å². The second kappa shape index (κ2) is 7.45. The maximum atomic E-state index is 13.3. The lowest BCUT2D eigenvalue weighted by molar-refractivity contribution is 0.0925. The van der Waals surface area contributed by atoms with Gasteiger partial charge in [0.1, 0.15) is 11.3 Å². The summed E-state index contributed by atoms with van der Waals surface area (Å²) in [5.41, 5.74) is 8.42. The molecule has 1 aliphatic rings. The summed E-state index contributed by atoms with van der Waals surface area (Å²) in [5.74, 6) is 0.730. The monoisotopic (exact) mass is 437 g/mol. The third kappa shape index (κ3) is 2.97. The summed E-state index contributed by atoms with van der Waals surface area (Å²) in [4.78, 5) is 27.9. The molecule has 0 aliphatic carbocycles. The molecule has 1 aromatic heterocycles. The molecule has 0 saturated heterocycles. The smallest absolute Gasteiger partial charge is 0.266 e. The van der Waals surface area contributed by atoms with Crippen molar-refractivity contribution >= 4 is 28.5 Å². The van der Waals surface area contributed by atoms with E-state index in [1.807, 2.05) is 27.7 Å². The molecule has 2 heterocycles. The zero-order valence-corrected chi connectivity index (χ0v) is 19.9. The normalized spacial score (nSPS) is 13.5. The number of rotatable bonds is 3. The van der Waals surface area contributed by atoms with Crippen molar-refractivity contribution in [2.45, 2.75) is 47.5 Å². The summed E-state index contributed by atoms with van der Waals surface area (Å²) >= 11 is 0. The van der Waals surface area contributed by atoms with Gasteiger partial charge < -0.3 is 4.42 Å². The van der Waals surface area contributed by atoms with Gasteiger partial charge in [0.15, 0.2) is 0 Å². The van der Waals surface area contributed by atoms with E-state index in [0.29, 0.717) is 22.7 Å². The van der Waals surface area contributed by atoms with Gasteiger partial charge in [0.25, 0.3) is 11.8 Å². The minimum Gasteiger partial charge on any atom is -0.460 e. The Morgan fingerprint density at radius 3 is 1.88 bits per heavy atom. The van der Waals surface area contributed by atoms with Crippen molar-refractivity contribution in [2.24, 2.45) is 0 Å². The van der Waals surface area contributed by atoms with Crippen molar-refractivity contribution in [3.8, 4) is 11.1 Å². The molecule has 1 aliphatic heterocycles. The summed E-state index contributed by atoms with van der Waals surface area (Å²) < 4.78 is 6.27. The summed E-state index contributed by atoms with van der Waals surface area (Å²) in [6, 6.07) is 15.6. The molecule has 0 bridgehead atoms. The van der Waals surface area contributed by atoms with Crippen molar-refractivity contribution < 1.29 is 14.0 Å². The van der Waals surface area contributed by atoms with Crippen LogP contribution < -0.4 is 4.90 Å². The molecule has 166 valence electrons. The van der Waals surface area contributed by atoms with Crippen molar-refractivity contribution in [1.29, 1.82) is 0 Å². The highest BCUT2D eigenvalue weighted by molar-refractivity contribution is 6.35. The summed E-state index contributed by atoms with van der Waals surface area (Å²) in [5, 5.41) is 0.958. The number of amides is 2. The molecule has 0 saturated carbocycles. The maximum Gasteiger partial charge on any atom is 0.266 e. The Hall–Kier alpha value is -3.66. The fourth-order valence-corrected chi connectivity index (χ4v) is 5.02. The van der Waals surface area contributed by atoms with Crippen molar-refractivity contribution in [2.75, 3.05) is 4.90 Å². The highest BCUT2D eigenvalue weighted by atomic mass is 16.3. The standard InChI is InChI=1S/C29H27NO3/c1-15(2)20-11-13-21(14-12-20)25-19(6)33-27-17(4)16(3)26(18(5)24(25)27)30-28(31)22-9-7-8-10-23(22)29(30)32/h7-15H,1-6H3. The van der Waals surface area contributed by atoms with E-state index >= 15 is 0 Å². The van der Waals surface area contributed by atoms with Crippen LogP contribution in [0, 0.1) is 27.7 Å². The van der Waals surface area contributed by atoms with Gasteiger partial charge in [-0.2, -0.15) is 0 Å². The van der Waals surface area contributed by atoms with E-state index in [0.717, 1.165) is 44.5 Å². The number of imide groups is 1. The van der Waals surface area contributed by atoms with Crippen LogP contribution in [-0.4, -0.2) is 11.8 Å². The van der Waals surface area contributed by atoms with Gasteiger partial charge in [-0.05, 0) is 73.6 Å². The molecular weight excluding hydrogens is 410 g/mol. The fourth-order valence-electron chi connectivity index (χ4n) is 5.02. The van der Waals surface area contributed by atoms with Crippen LogP contribution in [0.2, 0.25) is 0 Å². The Morgan fingerprint density at radius 2 is 1.33 bits per heavy atom. The number of hydrogen-bond donors (Lipinski definition) is 0. The van der Waals surface area contributed by atoms with Crippen LogP contribution in [-0.2, 0) is 0 Å². The average molecular weight is 438 g/mol.